The molecule has 0 unspecified atom stereocenters. The maximum absolute atomic E-state index is 12.7. The molecule has 3 aromatic rings. The van der Waals surface area contributed by atoms with E-state index in [-0.39, 0.29) is 11.7 Å². The zero-order valence-corrected chi connectivity index (χ0v) is 15.0. The second kappa shape index (κ2) is 5.76. The van der Waals surface area contributed by atoms with Gasteiger partial charge in [-0.05, 0) is 18.1 Å². The lowest BCUT2D eigenvalue weighted by molar-refractivity contribution is -0.118. The molecule has 1 aliphatic rings. The number of carbonyl (C=O) groups excluding carboxylic acids is 2. The lowest BCUT2D eigenvalue weighted by Gasteiger charge is -2.28. The van der Waals surface area contributed by atoms with Gasteiger partial charge in [-0.2, -0.15) is 0 Å². The molecule has 0 saturated heterocycles. The molecule has 0 spiro atoms. The standard InChI is InChI=1S/C20H20N4O2/c1-20(2,3)18(26)13-10-21-19-17(13)23-15(11-22-19)24-14-7-5-4-6-12(14)8-9-16(24)25/h4-7,10-11H,8-9H2,1-3H3,(H,21,22). The first-order valence-corrected chi connectivity index (χ1v) is 8.66. The Hall–Kier alpha value is -3.02. The van der Waals surface area contributed by atoms with Gasteiger partial charge in [0.25, 0.3) is 0 Å². The Morgan fingerprint density at radius 3 is 2.73 bits per heavy atom. The maximum atomic E-state index is 12.7. The molecule has 4 rings (SSSR count). The molecule has 26 heavy (non-hydrogen) atoms. The van der Waals surface area contributed by atoms with E-state index < -0.39 is 5.41 Å². The molecule has 1 aromatic carbocycles. The molecule has 0 fully saturated rings. The van der Waals surface area contributed by atoms with Gasteiger partial charge in [0.05, 0.1) is 17.4 Å². The largest absolute Gasteiger partial charge is 0.344 e. The van der Waals surface area contributed by atoms with Crippen LogP contribution in [0, 0.1) is 5.41 Å². The molecule has 0 atom stereocenters. The Kier molecular flexibility index (Phi) is 3.64. The summed E-state index contributed by atoms with van der Waals surface area (Å²) in [5.74, 6) is 0.411. The van der Waals surface area contributed by atoms with E-state index in [0.29, 0.717) is 29.0 Å². The zero-order chi connectivity index (χ0) is 18.5. The number of H-pyrrole nitrogens is 1. The number of rotatable bonds is 2. The number of anilines is 2. The molecule has 6 nitrogen and oxygen atoms in total. The highest BCUT2D eigenvalue weighted by Gasteiger charge is 2.29. The Morgan fingerprint density at radius 2 is 1.96 bits per heavy atom. The van der Waals surface area contributed by atoms with Crippen LogP contribution in [0.15, 0.2) is 36.7 Å². The molecule has 1 aliphatic heterocycles. The second-order valence-corrected chi connectivity index (χ2v) is 7.56. The fraction of sp³-hybridized carbons (Fsp3) is 0.300. The average molecular weight is 348 g/mol. The van der Waals surface area contributed by atoms with Crippen LogP contribution < -0.4 is 4.90 Å². The number of aromatic nitrogens is 3. The number of ketones is 1. The fourth-order valence-electron chi connectivity index (χ4n) is 3.25. The third kappa shape index (κ3) is 2.58. The number of carbonyl (C=O) groups is 2. The van der Waals surface area contributed by atoms with Gasteiger partial charge in [0.1, 0.15) is 5.52 Å². The smallest absolute Gasteiger partial charge is 0.233 e. The molecule has 1 amide bonds. The van der Waals surface area contributed by atoms with Crippen molar-refractivity contribution in [2.45, 2.75) is 33.6 Å². The van der Waals surface area contributed by atoms with E-state index in [0.717, 1.165) is 17.7 Å². The number of nitrogens with zero attached hydrogens (tertiary/aromatic N) is 3. The number of hydrogen-bond acceptors (Lipinski definition) is 4. The number of aryl methyl sites for hydroxylation is 1. The topological polar surface area (TPSA) is 79.0 Å². The van der Waals surface area contributed by atoms with Crippen LogP contribution in [0.2, 0.25) is 0 Å². The molecule has 2 aromatic heterocycles. The summed E-state index contributed by atoms with van der Waals surface area (Å²) in [7, 11) is 0. The van der Waals surface area contributed by atoms with E-state index in [2.05, 4.69) is 15.0 Å². The predicted octanol–water partition coefficient (Wildman–Crippen LogP) is 3.80. The SMILES string of the molecule is CC(C)(C)C(=O)c1c[nH]c2ncc(N3C(=O)CCc4ccccc43)nc12. The first-order valence-electron chi connectivity index (χ1n) is 8.66. The minimum absolute atomic E-state index is 0.0134. The van der Waals surface area contributed by atoms with Crippen LogP contribution in [-0.2, 0) is 11.2 Å². The maximum Gasteiger partial charge on any atom is 0.233 e. The lowest BCUT2D eigenvalue weighted by atomic mass is 9.87. The van der Waals surface area contributed by atoms with Crippen molar-refractivity contribution in [2.75, 3.05) is 4.90 Å². The van der Waals surface area contributed by atoms with Crippen molar-refractivity contribution in [3.05, 3.63) is 47.8 Å². The van der Waals surface area contributed by atoms with E-state index in [9.17, 15) is 9.59 Å². The summed E-state index contributed by atoms with van der Waals surface area (Å²) in [6.45, 7) is 5.61. The van der Waals surface area contributed by atoms with E-state index in [1.165, 1.54) is 0 Å². The predicted molar refractivity (Wildman–Crippen MR) is 99.6 cm³/mol. The number of hydrogen-bond donors (Lipinski definition) is 1. The third-order valence-corrected chi connectivity index (χ3v) is 4.61. The molecule has 132 valence electrons. The first-order chi connectivity index (χ1) is 12.4. The molecule has 0 saturated carbocycles. The van der Waals surface area contributed by atoms with Gasteiger partial charge in [-0.3, -0.25) is 14.5 Å². The number of fused-ring (bicyclic) bond motifs is 2. The van der Waals surface area contributed by atoms with Crippen LogP contribution in [0.3, 0.4) is 0 Å². The van der Waals surface area contributed by atoms with Gasteiger partial charge in [0.15, 0.2) is 17.2 Å². The summed E-state index contributed by atoms with van der Waals surface area (Å²) in [5, 5.41) is 0. The molecule has 0 radical (unpaired) electrons. The van der Waals surface area contributed by atoms with Crippen molar-refractivity contribution in [3.8, 4) is 0 Å². The van der Waals surface area contributed by atoms with Crippen LogP contribution in [0.25, 0.3) is 11.2 Å². The third-order valence-electron chi connectivity index (χ3n) is 4.61. The number of Topliss-reactive ketones (excluding diaryl/α,β-unsaturated/α-hetero) is 1. The van der Waals surface area contributed by atoms with Crippen molar-refractivity contribution in [3.63, 3.8) is 0 Å². The molecule has 3 heterocycles. The number of nitrogens with one attached hydrogen (secondary N) is 1. The van der Waals surface area contributed by atoms with Gasteiger partial charge in [0, 0.05) is 18.0 Å². The lowest BCUT2D eigenvalue weighted by Crippen LogP contribution is -2.31. The Balaban J connectivity index is 1.86. The summed E-state index contributed by atoms with van der Waals surface area (Å²) < 4.78 is 0. The van der Waals surface area contributed by atoms with Gasteiger partial charge < -0.3 is 4.98 Å². The Morgan fingerprint density at radius 1 is 1.19 bits per heavy atom. The second-order valence-electron chi connectivity index (χ2n) is 7.56. The van der Waals surface area contributed by atoms with Crippen molar-refractivity contribution >= 4 is 34.4 Å². The zero-order valence-electron chi connectivity index (χ0n) is 15.0. The molecular weight excluding hydrogens is 328 g/mol. The van der Waals surface area contributed by atoms with Crippen molar-refractivity contribution in [2.24, 2.45) is 5.41 Å². The molecule has 0 aliphatic carbocycles. The molecule has 6 heteroatoms. The van der Waals surface area contributed by atoms with E-state index in [1.807, 2.05) is 45.0 Å². The summed E-state index contributed by atoms with van der Waals surface area (Å²) in [4.78, 5) is 38.9. The fourth-order valence-corrected chi connectivity index (χ4v) is 3.25. The summed E-state index contributed by atoms with van der Waals surface area (Å²) in [5.41, 5.74) is 2.95. The molecule has 0 bridgehead atoms. The van der Waals surface area contributed by atoms with Gasteiger partial charge in [0.2, 0.25) is 5.91 Å². The van der Waals surface area contributed by atoms with Gasteiger partial charge in [-0.15, -0.1) is 0 Å². The minimum Gasteiger partial charge on any atom is -0.344 e. The van der Waals surface area contributed by atoms with Gasteiger partial charge >= 0.3 is 0 Å². The van der Waals surface area contributed by atoms with E-state index in [4.69, 9.17) is 0 Å². The number of amides is 1. The number of para-hydroxylation sites is 1. The summed E-state index contributed by atoms with van der Waals surface area (Å²) >= 11 is 0. The highest BCUT2D eigenvalue weighted by molar-refractivity contribution is 6.09. The summed E-state index contributed by atoms with van der Waals surface area (Å²) in [6.07, 6.45) is 4.37. The van der Waals surface area contributed by atoms with Crippen molar-refractivity contribution in [1.82, 2.24) is 15.0 Å². The van der Waals surface area contributed by atoms with Crippen molar-refractivity contribution in [1.29, 1.82) is 0 Å². The molecular formula is C20H20N4O2. The highest BCUT2D eigenvalue weighted by atomic mass is 16.2. The van der Waals surface area contributed by atoms with Gasteiger partial charge in [-0.1, -0.05) is 39.0 Å². The van der Waals surface area contributed by atoms with E-state index >= 15 is 0 Å². The quantitative estimate of drug-likeness (QED) is 0.715. The Labute approximate surface area is 151 Å². The van der Waals surface area contributed by atoms with Crippen LogP contribution in [0.5, 0.6) is 0 Å². The first kappa shape index (κ1) is 16.4. The van der Waals surface area contributed by atoms with Crippen LogP contribution in [0.1, 0.15) is 43.1 Å². The van der Waals surface area contributed by atoms with Crippen LogP contribution >= 0.6 is 0 Å². The highest BCUT2D eigenvalue weighted by Crippen LogP contribution is 2.34. The molecule has 1 N–H and O–H groups in total. The number of aromatic amines is 1. The van der Waals surface area contributed by atoms with E-state index in [1.54, 1.807) is 17.3 Å². The minimum atomic E-state index is -0.527. The normalized spacial score (nSPS) is 14.6. The monoisotopic (exact) mass is 348 g/mol. The van der Waals surface area contributed by atoms with Crippen LogP contribution in [0.4, 0.5) is 11.5 Å². The average Bonchev–Trinajstić information content (AvgIpc) is 3.03. The van der Waals surface area contributed by atoms with Gasteiger partial charge in [-0.25, -0.2) is 9.97 Å². The summed E-state index contributed by atoms with van der Waals surface area (Å²) in [6, 6.07) is 7.80. The number of benzene rings is 1. The van der Waals surface area contributed by atoms with Crippen molar-refractivity contribution < 1.29 is 9.59 Å². The Bertz CT molecular complexity index is 1030. The van der Waals surface area contributed by atoms with Crippen LogP contribution in [-0.4, -0.2) is 26.6 Å².